The van der Waals surface area contributed by atoms with Crippen LogP contribution in [0.3, 0.4) is 0 Å². The van der Waals surface area contributed by atoms with Crippen molar-refractivity contribution in [2.45, 2.75) is 63.3 Å². The number of fused-ring (bicyclic) bond motifs is 2. The predicted octanol–water partition coefficient (Wildman–Crippen LogP) is 1.25. The van der Waals surface area contributed by atoms with Crippen molar-refractivity contribution in [1.29, 1.82) is 0 Å². The second-order valence-electron chi connectivity index (χ2n) is 8.14. The summed E-state index contributed by atoms with van der Waals surface area (Å²) < 4.78 is 6.52. The number of hydrogen-bond acceptors (Lipinski definition) is 5. The average Bonchev–Trinajstić information content (AvgIpc) is 3.03. The number of ether oxygens (including phenoxy) is 1. The van der Waals surface area contributed by atoms with Gasteiger partial charge in [0.1, 0.15) is 11.4 Å². The number of rotatable bonds is 1. The molecule has 1 unspecified atom stereocenters. The zero-order chi connectivity index (χ0) is 17.7. The molecule has 1 atom stereocenters. The van der Waals surface area contributed by atoms with Crippen LogP contribution in [-0.2, 0) is 29.1 Å². The van der Waals surface area contributed by atoms with Crippen LogP contribution in [0.1, 0.15) is 48.8 Å². The van der Waals surface area contributed by atoms with Crippen LogP contribution in [0.2, 0.25) is 0 Å². The Labute approximate surface area is 153 Å². The second kappa shape index (κ2) is 6.06. The van der Waals surface area contributed by atoms with Crippen LogP contribution >= 0.6 is 0 Å². The molecule has 6 nitrogen and oxygen atoms in total. The van der Waals surface area contributed by atoms with Crippen LogP contribution in [0.5, 0.6) is 5.75 Å². The highest BCUT2D eigenvalue weighted by atomic mass is 16.5. The fourth-order valence-corrected chi connectivity index (χ4v) is 4.93. The summed E-state index contributed by atoms with van der Waals surface area (Å²) in [5, 5.41) is 5.90. The van der Waals surface area contributed by atoms with E-state index in [4.69, 9.17) is 4.74 Å². The van der Waals surface area contributed by atoms with Gasteiger partial charge in [-0.3, -0.25) is 19.8 Å². The van der Waals surface area contributed by atoms with E-state index in [2.05, 4.69) is 27.7 Å². The van der Waals surface area contributed by atoms with Crippen molar-refractivity contribution >= 4 is 11.8 Å². The number of piperidine rings is 2. The topological polar surface area (TPSA) is 70.7 Å². The Morgan fingerprint density at radius 1 is 1.00 bits per heavy atom. The first-order valence-corrected chi connectivity index (χ1v) is 9.74. The van der Waals surface area contributed by atoms with Gasteiger partial charge in [-0.15, -0.1) is 0 Å². The molecule has 0 bridgehead atoms. The van der Waals surface area contributed by atoms with Crippen LogP contribution in [0.25, 0.3) is 0 Å². The van der Waals surface area contributed by atoms with Crippen molar-refractivity contribution in [3.63, 3.8) is 0 Å². The molecule has 6 heteroatoms. The molecule has 4 aliphatic heterocycles. The lowest BCUT2D eigenvalue weighted by Gasteiger charge is -2.41. The minimum atomic E-state index is -0.200. The van der Waals surface area contributed by atoms with Gasteiger partial charge in [-0.1, -0.05) is 6.07 Å². The molecule has 4 heterocycles. The summed E-state index contributed by atoms with van der Waals surface area (Å²) in [7, 11) is 0. The van der Waals surface area contributed by atoms with E-state index in [1.807, 2.05) is 0 Å². The van der Waals surface area contributed by atoms with Crippen molar-refractivity contribution in [1.82, 2.24) is 15.5 Å². The van der Waals surface area contributed by atoms with Crippen LogP contribution in [0.15, 0.2) is 12.1 Å². The number of aryl methyl sites for hydroxylation is 1. The molecule has 1 spiro atoms. The third-order valence-corrected chi connectivity index (χ3v) is 6.47. The van der Waals surface area contributed by atoms with Gasteiger partial charge < -0.3 is 10.1 Å². The van der Waals surface area contributed by atoms with E-state index in [1.165, 1.54) is 16.7 Å². The summed E-state index contributed by atoms with van der Waals surface area (Å²) in [6, 6.07) is 4.29. The maximum absolute atomic E-state index is 12.2. The van der Waals surface area contributed by atoms with Gasteiger partial charge in [-0.25, -0.2) is 0 Å². The average molecular weight is 355 g/mol. The summed E-state index contributed by atoms with van der Waals surface area (Å²) in [4.78, 5) is 25.8. The largest absolute Gasteiger partial charge is 0.487 e. The van der Waals surface area contributed by atoms with Crippen LogP contribution in [0.4, 0.5) is 0 Å². The number of nitrogens with zero attached hydrogens (tertiary/aromatic N) is 1. The van der Waals surface area contributed by atoms with Gasteiger partial charge in [-0.05, 0) is 68.0 Å². The molecule has 0 saturated carbocycles. The van der Waals surface area contributed by atoms with E-state index in [0.29, 0.717) is 12.8 Å². The Morgan fingerprint density at radius 3 is 2.54 bits per heavy atom. The molecule has 0 aliphatic carbocycles. The lowest BCUT2D eigenvalue weighted by atomic mass is 9.83. The van der Waals surface area contributed by atoms with Gasteiger partial charge in [0.25, 0.3) is 0 Å². The molecular weight excluding hydrogens is 330 g/mol. The van der Waals surface area contributed by atoms with Crippen molar-refractivity contribution in [3.8, 4) is 5.75 Å². The molecular formula is C20H25N3O3. The first kappa shape index (κ1) is 16.3. The molecule has 4 aliphatic rings. The van der Waals surface area contributed by atoms with Gasteiger partial charge in [-0.2, -0.15) is 0 Å². The molecule has 2 fully saturated rings. The minimum absolute atomic E-state index is 0.00833. The number of carbonyl (C=O) groups is 2. The highest BCUT2D eigenvalue weighted by Crippen LogP contribution is 2.41. The number of nitrogens with one attached hydrogen (secondary N) is 2. The zero-order valence-electron chi connectivity index (χ0n) is 15.0. The summed E-state index contributed by atoms with van der Waals surface area (Å²) in [5.74, 6) is 0.741. The maximum Gasteiger partial charge on any atom is 0.243 e. The zero-order valence-corrected chi connectivity index (χ0v) is 15.0. The Kier molecular flexibility index (Phi) is 3.79. The summed E-state index contributed by atoms with van der Waals surface area (Å²) in [6.07, 6.45) is 5.36. The standard InChI is InChI=1S/C20H25N3O3/c24-18-2-1-16(19(25)22-18)23-11-14-9-13-3-4-20(5-7-21-8-6-20)26-17(13)10-15(14)12-23/h9-10,16,21H,1-8,11-12H2,(H,22,24,25). The minimum Gasteiger partial charge on any atom is -0.487 e. The first-order valence-electron chi connectivity index (χ1n) is 9.74. The van der Waals surface area contributed by atoms with Gasteiger partial charge in [0, 0.05) is 19.5 Å². The molecule has 2 amide bonds. The molecule has 2 saturated heterocycles. The van der Waals surface area contributed by atoms with Gasteiger partial charge in [0.2, 0.25) is 11.8 Å². The number of hydrogen-bond donors (Lipinski definition) is 2. The quantitative estimate of drug-likeness (QED) is 0.742. The fourth-order valence-electron chi connectivity index (χ4n) is 4.93. The van der Waals surface area contributed by atoms with Crippen molar-refractivity contribution in [2.24, 2.45) is 0 Å². The van der Waals surface area contributed by atoms with Crippen LogP contribution in [-0.4, -0.2) is 41.4 Å². The van der Waals surface area contributed by atoms with E-state index in [0.717, 1.165) is 57.6 Å². The molecule has 26 heavy (non-hydrogen) atoms. The molecule has 1 aromatic rings. The lowest BCUT2D eigenvalue weighted by molar-refractivity contribution is -0.137. The van der Waals surface area contributed by atoms with Crippen LogP contribution < -0.4 is 15.4 Å². The van der Waals surface area contributed by atoms with Gasteiger partial charge in [0.05, 0.1) is 6.04 Å². The van der Waals surface area contributed by atoms with Crippen LogP contribution in [0, 0.1) is 0 Å². The molecule has 138 valence electrons. The van der Waals surface area contributed by atoms with Gasteiger partial charge in [0.15, 0.2) is 0 Å². The SMILES string of the molecule is O=C1CCC(N2Cc3cc4c(cc3C2)OC2(CCNCC2)CC4)C(=O)N1. The van der Waals surface area contributed by atoms with E-state index >= 15 is 0 Å². The Balaban J connectivity index is 1.36. The molecule has 0 radical (unpaired) electrons. The summed E-state index contributed by atoms with van der Waals surface area (Å²) >= 11 is 0. The van der Waals surface area contributed by atoms with E-state index in [9.17, 15) is 9.59 Å². The van der Waals surface area contributed by atoms with E-state index < -0.39 is 0 Å². The molecule has 1 aromatic carbocycles. The maximum atomic E-state index is 12.2. The number of benzene rings is 1. The molecule has 2 N–H and O–H groups in total. The number of imide groups is 1. The Morgan fingerprint density at radius 2 is 1.77 bits per heavy atom. The van der Waals surface area contributed by atoms with E-state index in [-0.39, 0.29) is 23.5 Å². The predicted molar refractivity (Wildman–Crippen MR) is 95.6 cm³/mol. The lowest BCUT2D eigenvalue weighted by Crippen LogP contribution is -2.50. The van der Waals surface area contributed by atoms with Crippen molar-refractivity contribution in [2.75, 3.05) is 13.1 Å². The molecule has 0 aromatic heterocycles. The van der Waals surface area contributed by atoms with Crippen molar-refractivity contribution in [3.05, 3.63) is 28.8 Å². The monoisotopic (exact) mass is 355 g/mol. The normalized spacial score (nSPS) is 27.6. The van der Waals surface area contributed by atoms with E-state index in [1.54, 1.807) is 0 Å². The first-order chi connectivity index (χ1) is 12.6. The second-order valence-corrected chi connectivity index (χ2v) is 8.14. The molecule has 5 rings (SSSR count). The third kappa shape index (κ3) is 2.72. The fraction of sp³-hybridized carbons (Fsp3) is 0.600. The third-order valence-electron chi connectivity index (χ3n) is 6.47. The number of carbonyl (C=O) groups excluding carboxylic acids is 2. The summed E-state index contributed by atoms with van der Waals surface area (Å²) in [6.45, 7) is 3.60. The summed E-state index contributed by atoms with van der Waals surface area (Å²) in [5.41, 5.74) is 3.88. The Hall–Kier alpha value is -1.92. The Bertz CT molecular complexity index is 770. The highest BCUT2D eigenvalue weighted by Gasteiger charge is 2.39. The number of amides is 2. The smallest absolute Gasteiger partial charge is 0.243 e. The van der Waals surface area contributed by atoms with Crippen molar-refractivity contribution < 1.29 is 14.3 Å². The van der Waals surface area contributed by atoms with Gasteiger partial charge >= 0.3 is 0 Å². The highest BCUT2D eigenvalue weighted by molar-refractivity contribution is 6.00.